The zero-order valence-corrected chi connectivity index (χ0v) is 12.3. The third-order valence-corrected chi connectivity index (χ3v) is 3.09. The van der Waals surface area contributed by atoms with Crippen LogP contribution in [0.3, 0.4) is 0 Å². The third-order valence-electron chi connectivity index (χ3n) is 3.09. The monoisotopic (exact) mass is 283 g/mol. The number of hydrogen-bond acceptors (Lipinski definition) is 4. The maximum atomic E-state index is 11.5. The number of carbonyl (C=O) groups is 1. The molecule has 1 N–H and O–H groups in total. The average Bonchev–Trinajstić information content (AvgIpc) is 2.48. The Balaban J connectivity index is 2.33. The van der Waals surface area contributed by atoms with E-state index in [1.54, 1.807) is 25.5 Å². The van der Waals surface area contributed by atoms with E-state index in [1.807, 2.05) is 31.2 Å². The Labute approximate surface area is 123 Å². The first-order valence-electron chi connectivity index (χ1n) is 6.54. The van der Waals surface area contributed by atoms with Crippen molar-refractivity contribution in [2.45, 2.75) is 13.8 Å². The predicted molar refractivity (Wildman–Crippen MR) is 83.1 cm³/mol. The number of benzene rings is 2. The van der Waals surface area contributed by atoms with Crippen LogP contribution in [0.1, 0.15) is 28.4 Å². The number of aliphatic imine (C=N–C) groups is 1. The van der Waals surface area contributed by atoms with E-state index in [0.717, 1.165) is 17.0 Å². The number of rotatable bonds is 4. The van der Waals surface area contributed by atoms with Crippen molar-refractivity contribution in [1.29, 1.82) is 0 Å². The number of hydrogen-bond donors (Lipinski definition) is 1. The lowest BCUT2D eigenvalue weighted by Crippen LogP contribution is -1.97. The van der Waals surface area contributed by atoms with Crippen molar-refractivity contribution in [3.05, 3.63) is 53.1 Å². The highest BCUT2D eigenvalue weighted by molar-refractivity contribution is 6.00. The molecule has 0 saturated carbocycles. The number of phenolic OH excluding ortho intramolecular Hbond substituents is 1. The van der Waals surface area contributed by atoms with E-state index < -0.39 is 0 Å². The number of aryl methyl sites for hydroxylation is 1. The van der Waals surface area contributed by atoms with Crippen molar-refractivity contribution in [2.75, 3.05) is 7.11 Å². The van der Waals surface area contributed by atoms with Crippen LogP contribution in [0.15, 0.2) is 41.4 Å². The van der Waals surface area contributed by atoms with E-state index in [9.17, 15) is 9.90 Å². The van der Waals surface area contributed by atoms with Gasteiger partial charge in [-0.2, -0.15) is 0 Å². The highest BCUT2D eigenvalue weighted by Gasteiger charge is 2.10. The van der Waals surface area contributed by atoms with Crippen LogP contribution in [-0.4, -0.2) is 24.2 Å². The SMILES string of the molecule is COc1ccc(N=Cc2cc(C)cc(C(C)=O)c2O)cc1. The van der Waals surface area contributed by atoms with Crippen LogP contribution in [0, 0.1) is 6.92 Å². The van der Waals surface area contributed by atoms with Gasteiger partial charge in [0.1, 0.15) is 11.5 Å². The molecule has 4 heteroatoms. The van der Waals surface area contributed by atoms with E-state index in [0.29, 0.717) is 11.1 Å². The second-order valence-corrected chi connectivity index (χ2v) is 4.76. The number of nitrogens with zero attached hydrogens (tertiary/aromatic N) is 1. The Hall–Kier alpha value is -2.62. The molecule has 0 atom stereocenters. The zero-order chi connectivity index (χ0) is 15.4. The quantitative estimate of drug-likeness (QED) is 0.688. The minimum atomic E-state index is -0.171. The number of methoxy groups -OCH3 is 1. The lowest BCUT2D eigenvalue weighted by Gasteiger charge is -2.06. The third kappa shape index (κ3) is 3.48. The molecule has 0 radical (unpaired) electrons. The van der Waals surface area contributed by atoms with Gasteiger partial charge < -0.3 is 9.84 Å². The van der Waals surface area contributed by atoms with Gasteiger partial charge in [-0.3, -0.25) is 9.79 Å². The van der Waals surface area contributed by atoms with Gasteiger partial charge >= 0.3 is 0 Å². The summed E-state index contributed by atoms with van der Waals surface area (Å²) in [5, 5.41) is 10.1. The molecule has 0 bridgehead atoms. The van der Waals surface area contributed by atoms with Crippen LogP contribution in [0.5, 0.6) is 11.5 Å². The number of phenols is 1. The van der Waals surface area contributed by atoms with Gasteiger partial charge in [0.25, 0.3) is 0 Å². The van der Waals surface area contributed by atoms with Crippen molar-refractivity contribution in [3.63, 3.8) is 0 Å². The van der Waals surface area contributed by atoms with E-state index >= 15 is 0 Å². The summed E-state index contributed by atoms with van der Waals surface area (Å²) in [7, 11) is 1.60. The standard InChI is InChI=1S/C17H17NO3/c1-11-8-13(17(20)16(9-11)12(2)19)10-18-14-4-6-15(21-3)7-5-14/h4-10,20H,1-3H3. The summed E-state index contributed by atoms with van der Waals surface area (Å²) < 4.78 is 5.08. The minimum absolute atomic E-state index is 0.0367. The highest BCUT2D eigenvalue weighted by Crippen LogP contribution is 2.25. The van der Waals surface area contributed by atoms with Gasteiger partial charge in [0.2, 0.25) is 0 Å². The maximum Gasteiger partial charge on any atom is 0.163 e. The van der Waals surface area contributed by atoms with Crippen LogP contribution in [0.4, 0.5) is 5.69 Å². The molecule has 0 unspecified atom stereocenters. The van der Waals surface area contributed by atoms with Crippen LogP contribution >= 0.6 is 0 Å². The lowest BCUT2D eigenvalue weighted by molar-refractivity contribution is 0.101. The first-order valence-corrected chi connectivity index (χ1v) is 6.54. The molecular formula is C17H17NO3. The number of ketones is 1. The van der Waals surface area contributed by atoms with Crippen molar-refractivity contribution in [2.24, 2.45) is 4.99 Å². The van der Waals surface area contributed by atoms with Gasteiger partial charge in [-0.25, -0.2) is 0 Å². The van der Waals surface area contributed by atoms with Gasteiger partial charge in [-0.1, -0.05) is 0 Å². The van der Waals surface area contributed by atoms with Crippen LogP contribution in [0.25, 0.3) is 0 Å². The molecule has 0 amide bonds. The molecule has 2 aromatic carbocycles. The molecule has 0 spiro atoms. The fourth-order valence-electron chi connectivity index (χ4n) is 1.99. The summed E-state index contributed by atoms with van der Waals surface area (Å²) in [6.07, 6.45) is 1.55. The number of Topliss-reactive ketones (excluding diaryl/α,β-unsaturated/α-hetero) is 1. The molecule has 0 aromatic heterocycles. The number of carbonyl (C=O) groups excluding carboxylic acids is 1. The number of ether oxygens (including phenoxy) is 1. The Morgan fingerprint density at radius 3 is 2.48 bits per heavy atom. The Morgan fingerprint density at radius 2 is 1.90 bits per heavy atom. The van der Waals surface area contributed by atoms with E-state index in [4.69, 9.17) is 4.74 Å². The van der Waals surface area contributed by atoms with E-state index in [2.05, 4.69) is 4.99 Å². The zero-order valence-electron chi connectivity index (χ0n) is 12.3. The number of aromatic hydroxyl groups is 1. The average molecular weight is 283 g/mol. The summed E-state index contributed by atoms with van der Waals surface area (Å²) in [5.74, 6) is 0.548. The minimum Gasteiger partial charge on any atom is -0.507 e. The molecule has 21 heavy (non-hydrogen) atoms. The molecule has 0 aliphatic heterocycles. The second-order valence-electron chi connectivity index (χ2n) is 4.76. The van der Waals surface area contributed by atoms with Crippen molar-refractivity contribution in [3.8, 4) is 11.5 Å². The molecule has 0 aliphatic carbocycles. The molecule has 108 valence electrons. The summed E-state index contributed by atoms with van der Waals surface area (Å²) >= 11 is 0. The van der Waals surface area contributed by atoms with Gasteiger partial charge in [0, 0.05) is 11.8 Å². The largest absolute Gasteiger partial charge is 0.507 e. The molecule has 2 aromatic rings. The lowest BCUT2D eigenvalue weighted by atomic mass is 10.0. The molecule has 0 aliphatic rings. The fraction of sp³-hybridized carbons (Fsp3) is 0.176. The Bertz CT molecular complexity index is 688. The normalized spacial score (nSPS) is 10.8. The summed E-state index contributed by atoms with van der Waals surface area (Å²) in [6.45, 7) is 3.30. The predicted octanol–water partition coefficient (Wildman–Crippen LogP) is 3.66. The molecule has 0 fully saturated rings. The summed E-state index contributed by atoms with van der Waals surface area (Å²) in [6, 6.07) is 10.7. The Morgan fingerprint density at radius 1 is 1.24 bits per heavy atom. The molecule has 2 rings (SSSR count). The topological polar surface area (TPSA) is 58.9 Å². The van der Waals surface area contributed by atoms with E-state index in [1.165, 1.54) is 6.92 Å². The Kier molecular flexibility index (Phi) is 4.38. The smallest absolute Gasteiger partial charge is 0.163 e. The van der Waals surface area contributed by atoms with Crippen molar-refractivity contribution in [1.82, 2.24) is 0 Å². The molecule has 0 saturated heterocycles. The van der Waals surface area contributed by atoms with Crippen LogP contribution < -0.4 is 4.74 Å². The summed E-state index contributed by atoms with van der Waals surface area (Å²) in [5.41, 5.74) is 2.47. The maximum absolute atomic E-state index is 11.5. The van der Waals surface area contributed by atoms with Gasteiger partial charge in [-0.15, -0.1) is 0 Å². The van der Waals surface area contributed by atoms with Crippen LogP contribution in [-0.2, 0) is 0 Å². The summed E-state index contributed by atoms with van der Waals surface area (Å²) in [4.78, 5) is 15.8. The van der Waals surface area contributed by atoms with Crippen LogP contribution in [0.2, 0.25) is 0 Å². The highest BCUT2D eigenvalue weighted by atomic mass is 16.5. The van der Waals surface area contributed by atoms with Crippen molar-refractivity contribution < 1.29 is 14.6 Å². The van der Waals surface area contributed by atoms with Gasteiger partial charge in [0.15, 0.2) is 5.78 Å². The molecule has 4 nitrogen and oxygen atoms in total. The van der Waals surface area contributed by atoms with E-state index in [-0.39, 0.29) is 11.5 Å². The first kappa shape index (κ1) is 14.8. The van der Waals surface area contributed by atoms with Crippen molar-refractivity contribution >= 4 is 17.7 Å². The molecule has 0 heterocycles. The fourth-order valence-corrected chi connectivity index (χ4v) is 1.99. The van der Waals surface area contributed by atoms with Gasteiger partial charge in [0.05, 0.1) is 18.4 Å². The molecular weight excluding hydrogens is 266 g/mol. The first-order chi connectivity index (χ1) is 10.0. The van der Waals surface area contributed by atoms with Gasteiger partial charge in [-0.05, 0) is 55.8 Å². The second kappa shape index (κ2) is 6.22.